The largest absolute Gasteiger partial charge is 0.449 e. The number of primary amides is 1. The highest BCUT2D eigenvalue weighted by molar-refractivity contribution is 5.92. The third-order valence-corrected chi connectivity index (χ3v) is 4.74. The maximum atomic E-state index is 12.7. The molecule has 3 N–H and O–H groups in total. The van der Waals surface area contributed by atoms with E-state index in [2.05, 4.69) is 34.5 Å². The van der Waals surface area contributed by atoms with E-state index in [9.17, 15) is 9.59 Å². The molecule has 3 rings (SSSR count). The van der Waals surface area contributed by atoms with Gasteiger partial charge in [-0.05, 0) is 28.8 Å². The first-order valence-corrected chi connectivity index (χ1v) is 10.2. The molecule has 0 spiro atoms. The van der Waals surface area contributed by atoms with Crippen LogP contribution in [0.3, 0.4) is 0 Å². The monoisotopic (exact) mass is 417 g/mol. The SMILES string of the molecule is NC(=O)OCCc1ccc(NC(=O)CN(Cc2ccccc2)Cc2ccccc2)cc1. The minimum atomic E-state index is -0.778. The van der Waals surface area contributed by atoms with Crippen LogP contribution in [0.15, 0.2) is 84.9 Å². The van der Waals surface area contributed by atoms with Gasteiger partial charge in [-0.25, -0.2) is 4.79 Å². The van der Waals surface area contributed by atoms with Crippen LogP contribution < -0.4 is 11.1 Å². The van der Waals surface area contributed by atoms with E-state index >= 15 is 0 Å². The van der Waals surface area contributed by atoms with Crippen LogP contribution in [0.2, 0.25) is 0 Å². The van der Waals surface area contributed by atoms with Crippen LogP contribution in [0.4, 0.5) is 10.5 Å². The van der Waals surface area contributed by atoms with Crippen molar-refractivity contribution >= 4 is 17.7 Å². The summed E-state index contributed by atoms with van der Waals surface area (Å²) in [7, 11) is 0. The van der Waals surface area contributed by atoms with Gasteiger partial charge in [-0.2, -0.15) is 0 Å². The third-order valence-electron chi connectivity index (χ3n) is 4.74. The Labute approximate surface area is 182 Å². The molecule has 0 atom stereocenters. The van der Waals surface area contributed by atoms with Gasteiger partial charge in [0.1, 0.15) is 0 Å². The Balaban J connectivity index is 1.58. The molecule has 31 heavy (non-hydrogen) atoms. The predicted octanol–water partition coefficient (Wildman–Crippen LogP) is 3.97. The van der Waals surface area contributed by atoms with E-state index in [1.807, 2.05) is 60.7 Å². The Kier molecular flexibility index (Phi) is 8.20. The van der Waals surface area contributed by atoms with Gasteiger partial charge in [0.25, 0.3) is 0 Å². The minimum absolute atomic E-state index is 0.0725. The molecular weight excluding hydrogens is 390 g/mol. The standard InChI is InChI=1S/C25H27N3O3/c26-25(30)31-16-15-20-11-13-23(14-12-20)27-24(29)19-28(17-21-7-3-1-4-8-21)18-22-9-5-2-6-10-22/h1-14H,15-19H2,(H2,26,30)(H,27,29). The van der Waals surface area contributed by atoms with E-state index in [1.54, 1.807) is 0 Å². The zero-order chi connectivity index (χ0) is 21.9. The number of nitrogens with two attached hydrogens (primary N) is 1. The van der Waals surface area contributed by atoms with Crippen LogP contribution in [0.5, 0.6) is 0 Å². The molecule has 0 heterocycles. The van der Waals surface area contributed by atoms with Crippen molar-refractivity contribution in [2.75, 3.05) is 18.5 Å². The van der Waals surface area contributed by atoms with E-state index in [1.165, 1.54) is 0 Å². The van der Waals surface area contributed by atoms with Crippen molar-refractivity contribution in [3.63, 3.8) is 0 Å². The highest BCUT2D eigenvalue weighted by atomic mass is 16.5. The fraction of sp³-hybridized carbons (Fsp3) is 0.200. The van der Waals surface area contributed by atoms with Gasteiger partial charge in [0.05, 0.1) is 13.2 Å². The van der Waals surface area contributed by atoms with Crippen molar-refractivity contribution in [2.24, 2.45) is 5.73 Å². The lowest BCUT2D eigenvalue weighted by atomic mass is 10.1. The Bertz CT molecular complexity index is 919. The van der Waals surface area contributed by atoms with Crippen LogP contribution in [0.1, 0.15) is 16.7 Å². The molecule has 0 aliphatic heterocycles. The molecule has 6 nitrogen and oxygen atoms in total. The average Bonchev–Trinajstić information content (AvgIpc) is 2.76. The first-order valence-electron chi connectivity index (χ1n) is 10.2. The Hall–Kier alpha value is -3.64. The zero-order valence-corrected chi connectivity index (χ0v) is 17.4. The number of carbonyl (C=O) groups is 2. The molecule has 0 unspecified atom stereocenters. The van der Waals surface area contributed by atoms with Crippen molar-refractivity contribution in [1.82, 2.24) is 4.90 Å². The lowest BCUT2D eigenvalue weighted by Gasteiger charge is -2.22. The fourth-order valence-electron chi connectivity index (χ4n) is 3.28. The molecule has 3 aromatic carbocycles. The quantitative estimate of drug-likeness (QED) is 0.523. The summed E-state index contributed by atoms with van der Waals surface area (Å²) in [5.74, 6) is -0.0725. The minimum Gasteiger partial charge on any atom is -0.449 e. The third kappa shape index (κ3) is 7.95. The first kappa shape index (κ1) is 22.1. The average molecular weight is 418 g/mol. The molecular formula is C25H27N3O3. The van der Waals surface area contributed by atoms with Gasteiger partial charge in [0, 0.05) is 25.2 Å². The van der Waals surface area contributed by atoms with Crippen LogP contribution in [0, 0.1) is 0 Å². The molecule has 0 saturated heterocycles. The summed E-state index contributed by atoms with van der Waals surface area (Å²) in [6, 6.07) is 27.7. The van der Waals surface area contributed by atoms with Crippen molar-refractivity contribution < 1.29 is 14.3 Å². The summed E-state index contributed by atoms with van der Waals surface area (Å²) in [5, 5.41) is 2.96. The molecule has 0 bridgehead atoms. The summed E-state index contributed by atoms with van der Waals surface area (Å²) >= 11 is 0. The smallest absolute Gasteiger partial charge is 0.404 e. The van der Waals surface area contributed by atoms with E-state index in [4.69, 9.17) is 10.5 Å². The number of ether oxygens (including phenoxy) is 1. The van der Waals surface area contributed by atoms with Crippen LogP contribution >= 0.6 is 0 Å². The fourth-order valence-corrected chi connectivity index (χ4v) is 3.28. The van der Waals surface area contributed by atoms with E-state index < -0.39 is 6.09 Å². The molecule has 0 saturated carbocycles. The van der Waals surface area contributed by atoms with Gasteiger partial charge in [-0.3, -0.25) is 9.69 Å². The summed E-state index contributed by atoms with van der Waals surface area (Å²) in [6.07, 6.45) is -0.210. The number of anilines is 1. The molecule has 0 aromatic heterocycles. The second-order valence-corrected chi connectivity index (χ2v) is 7.28. The predicted molar refractivity (Wildman–Crippen MR) is 121 cm³/mol. The molecule has 0 aliphatic rings. The second-order valence-electron chi connectivity index (χ2n) is 7.28. The topological polar surface area (TPSA) is 84.7 Å². The Morgan fingerprint density at radius 2 is 1.32 bits per heavy atom. The van der Waals surface area contributed by atoms with Crippen molar-refractivity contribution in [1.29, 1.82) is 0 Å². The van der Waals surface area contributed by atoms with Gasteiger partial charge in [-0.1, -0.05) is 72.8 Å². The molecule has 0 radical (unpaired) electrons. The summed E-state index contributed by atoms with van der Waals surface area (Å²) in [6.45, 7) is 1.87. The van der Waals surface area contributed by atoms with Crippen molar-refractivity contribution in [3.05, 3.63) is 102 Å². The number of amides is 2. The molecule has 0 fully saturated rings. The van der Waals surface area contributed by atoms with Gasteiger partial charge in [-0.15, -0.1) is 0 Å². The molecule has 3 aromatic rings. The van der Waals surface area contributed by atoms with Gasteiger partial charge in [0.2, 0.25) is 5.91 Å². The number of nitrogens with one attached hydrogen (secondary N) is 1. The van der Waals surface area contributed by atoms with E-state index in [0.717, 1.165) is 22.4 Å². The zero-order valence-electron chi connectivity index (χ0n) is 17.4. The molecule has 160 valence electrons. The lowest BCUT2D eigenvalue weighted by molar-refractivity contribution is -0.117. The van der Waals surface area contributed by atoms with Crippen LogP contribution in [0.25, 0.3) is 0 Å². The maximum Gasteiger partial charge on any atom is 0.404 e. The van der Waals surface area contributed by atoms with Crippen molar-refractivity contribution in [2.45, 2.75) is 19.5 Å². The number of carbonyl (C=O) groups excluding carboxylic acids is 2. The molecule has 0 aliphatic carbocycles. The van der Waals surface area contributed by atoms with E-state index in [0.29, 0.717) is 19.5 Å². The van der Waals surface area contributed by atoms with Crippen LogP contribution in [-0.4, -0.2) is 30.1 Å². The number of hydrogen-bond acceptors (Lipinski definition) is 4. The summed E-state index contributed by atoms with van der Waals surface area (Å²) in [5.41, 5.74) is 9.00. The molecule has 2 amide bonds. The Morgan fingerprint density at radius 3 is 1.84 bits per heavy atom. The van der Waals surface area contributed by atoms with Gasteiger partial charge < -0.3 is 15.8 Å². The number of benzene rings is 3. The number of rotatable bonds is 10. The summed E-state index contributed by atoms with van der Waals surface area (Å²) in [4.78, 5) is 25.5. The van der Waals surface area contributed by atoms with Gasteiger partial charge >= 0.3 is 6.09 Å². The normalized spacial score (nSPS) is 10.6. The second kappa shape index (κ2) is 11.5. The highest BCUT2D eigenvalue weighted by Gasteiger charge is 2.13. The number of nitrogens with zero attached hydrogens (tertiary/aromatic N) is 1. The maximum absolute atomic E-state index is 12.7. The lowest BCUT2D eigenvalue weighted by Crippen LogP contribution is -2.32. The molecule has 6 heteroatoms. The number of hydrogen-bond donors (Lipinski definition) is 2. The van der Waals surface area contributed by atoms with Crippen molar-refractivity contribution in [3.8, 4) is 0 Å². The van der Waals surface area contributed by atoms with Gasteiger partial charge in [0.15, 0.2) is 0 Å². The Morgan fingerprint density at radius 1 is 0.774 bits per heavy atom. The summed E-state index contributed by atoms with van der Waals surface area (Å²) < 4.78 is 4.75. The van der Waals surface area contributed by atoms with Crippen LogP contribution in [-0.2, 0) is 29.0 Å². The van der Waals surface area contributed by atoms with E-state index in [-0.39, 0.29) is 19.1 Å². The first-order chi connectivity index (χ1) is 15.1. The highest BCUT2D eigenvalue weighted by Crippen LogP contribution is 2.13.